The third-order valence-electron chi connectivity index (χ3n) is 5.85. The number of nitrogens with zero attached hydrogens (tertiary/aromatic N) is 4. The molecule has 2 aromatic heterocycles. The lowest BCUT2D eigenvalue weighted by Gasteiger charge is -2.28. The second-order valence-corrected chi connectivity index (χ2v) is 9.27. The van der Waals surface area contributed by atoms with E-state index in [1.807, 2.05) is 0 Å². The zero-order valence-corrected chi connectivity index (χ0v) is 22.4. The summed E-state index contributed by atoms with van der Waals surface area (Å²) in [4.78, 5) is 28.6. The van der Waals surface area contributed by atoms with Crippen molar-refractivity contribution >= 4 is 27.9 Å². The van der Waals surface area contributed by atoms with Crippen LogP contribution in [0.15, 0.2) is 57.7 Å². The van der Waals surface area contributed by atoms with Crippen LogP contribution in [-0.2, 0) is 19.8 Å². The second kappa shape index (κ2) is 11.6. The average Bonchev–Trinajstić information content (AvgIpc) is 3.48. The van der Waals surface area contributed by atoms with Crippen LogP contribution in [0.5, 0.6) is 5.75 Å². The maximum Gasteiger partial charge on any atom is 0.416 e. The van der Waals surface area contributed by atoms with Gasteiger partial charge >= 0.3 is 6.18 Å². The first-order chi connectivity index (χ1) is 19.3. The fourth-order valence-electron chi connectivity index (χ4n) is 3.78. The standard InChI is InChI=1S/C25H19BrF5N5O5/c1-35-14(8-9-33-35)10-36(24(38)39)11-17(40-16-7-6-15(27)18(19(16)28)22(32)37)23-34-20(21(26)41-23)12-2-4-13(5-3-12)25(29,30)31/h2-9,17H,10-11H2,1H3,(H2,32,37)(H,38,39)/p-1. The van der Waals surface area contributed by atoms with Crippen LogP contribution >= 0.6 is 15.9 Å². The summed E-state index contributed by atoms with van der Waals surface area (Å²) >= 11 is 3.13. The molecular weight excluding hydrogens is 625 g/mol. The predicted octanol–water partition coefficient (Wildman–Crippen LogP) is 4.20. The summed E-state index contributed by atoms with van der Waals surface area (Å²) < 4.78 is 80.6. The summed E-state index contributed by atoms with van der Waals surface area (Å²) in [6.07, 6.45) is -6.35. The molecule has 0 aliphatic rings. The number of hydrogen-bond acceptors (Lipinski definition) is 7. The molecule has 0 saturated heterocycles. The van der Waals surface area contributed by atoms with Crippen LogP contribution in [0.3, 0.4) is 0 Å². The van der Waals surface area contributed by atoms with Crippen LogP contribution in [0.1, 0.15) is 33.6 Å². The van der Waals surface area contributed by atoms with Crippen molar-refractivity contribution in [3.8, 4) is 17.0 Å². The quantitative estimate of drug-likeness (QED) is 0.270. The highest BCUT2D eigenvalue weighted by Gasteiger charge is 2.31. The van der Waals surface area contributed by atoms with Crippen molar-refractivity contribution in [3.05, 3.63) is 87.7 Å². The highest BCUT2D eigenvalue weighted by molar-refractivity contribution is 9.10. The highest BCUT2D eigenvalue weighted by atomic mass is 79.9. The molecule has 10 nitrogen and oxygen atoms in total. The molecule has 216 valence electrons. The third-order valence-corrected chi connectivity index (χ3v) is 6.39. The molecule has 0 fully saturated rings. The molecule has 4 rings (SSSR count). The monoisotopic (exact) mass is 642 g/mol. The number of primary amides is 1. The first-order valence-corrected chi connectivity index (χ1v) is 12.3. The molecule has 1 unspecified atom stereocenters. The van der Waals surface area contributed by atoms with Gasteiger partial charge in [0.05, 0.1) is 24.3 Å². The summed E-state index contributed by atoms with van der Waals surface area (Å²) in [7, 11) is 1.57. The van der Waals surface area contributed by atoms with E-state index < -0.39 is 59.3 Å². The molecule has 0 spiro atoms. The number of alkyl halides is 3. The zero-order valence-electron chi connectivity index (χ0n) is 20.8. The Morgan fingerprint density at radius 2 is 1.85 bits per heavy atom. The van der Waals surface area contributed by atoms with Gasteiger partial charge in [-0.05, 0) is 46.3 Å². The largest absolute Gasteiger partial charge is 0.530 e. The Kier molecular flexibility index (Phi) is 8.32. The molecule has 0 radical (unpaired) electrons. The lowest BCUT2D eigenvalue weighted by atomic mass is 10.1. The maximum atomic E-state index is 15.0. The van der Waals surface area contributed by atoms with E-state index in [0.717, 1.165) is 41.3 Å². The molecule has 0 bridgehead atoms. The first kappa shape index (κ1) is 29.5. The zero-order chi connectivity index (χ0) is 30.1. The third kappa shape index (κ3) is 6.48. The molecule has 4 aromatic rings. The van der Waals surface area contributed by atoms with Crippen LogP contribution < -0.4 is 15.6 Å². The smallest absolute Gasteiger partial charge is 0.416 e. The minimum absolute atomic E-state index is 0.0198. The van der Waals surface area contributed by atoms with Crippen LogP contribution in [0.2, 0.25) is 0 Å². The Hall–Kier alpha value is -4.47. The molecule has 1 atom stereocenters. The van der Waals surface area contributed by atoms with Gasteiger partial charge in [0.15, 0.2) is 22.3 Å². The van der Waals surface area contributed by atoms with Gasteiger partial charge in [0.25, 0.3) is 5.91 Å². The Bertz CT molecular complexity index is 1590. The van der Waals surface area contributed by atoms with Crippen molar-refractivity contribution in [2.75, 3.05) is 6.54 Å². The van der Waals surface area contributed by atoms with Gasteiger partial charge in [0.2, 0.25) is 5.89 Å². The van der Waals surface area contributed by atoms with Gasteiger partial charge in [-0.3, -0.25) is 9.48 Å². The van der Waals surface area contributed by atoms with Crippen molar-refractivity contribution < 1.29 is 45.8 Å². The highest BCUT2D eigenvalue weighted by Crippen LogP contribution is 2.36. The summed E-state index contributed by atoms with van der Waals surface area (Å²) in [5.74, 6) is -5.16. The summed E-state index contributed by atoms with van der Waals surface area (Å²) in [6.45, 7) is -0.847. The van der Waals surface area contributed by atoms with E-state index in [0.29, 0.717) is 5.69 Å². The van der Waals surface area contributed by atoms with Gasteiger partial charge < -0.3 is 29.7 Å². The molecule has 0 saturated carbocycles. The number of amides is 2. The fraction of sp³-hybridized carbons (Fsp3) is 0.200. The number of aromatic nitrogens is 3. The number of nitrogens with two attached hydrogens (primary N) is 1. The Balaban J connectivity index is 1.74. The van der Waals surface area contributed by atoms with Crippen molar-refractivity contribution in [1.82, 2.24) is 19.7 Å². The normalized spacial score (nSPS) is 12.3. The van der Waals surface area contributed by atoms with E-state index in [2.05, 4.69) is 26.0 Å². The summed E-state index contributed by atoms with van der Waals surface area (Å²) in [5, 5.41) is 16.0. The van der Waals surface area contributed by atoms with Crippen LogP contribution in [-0.4, -0.2) is 38.2 Å². The predicted molar refractivity (Wildman–Crippen MR) is 132 cm³/mol. The molecule has 0 aliphatic heterocycles. The van der Waals surface area contributed by atoms with E-state index in [-0.39, 0.29) is 28.4 Å². The van der Waals surface area contributed by atoms with Crippen molar-refractivity contribution in [2.24, 2.45) is 12.8 Å². The minimum Gasteiger partial charge on any atom is -0.530 e. The number of carboxylic acid groups (broad SMARTS) is 1. The fourth-order valence-corrected chi connectivity index (χ4v) is 4.26. The lowest BCUT2D eigenvalue weighted by Crippen LogP contribution is -2.44. The number of oxazole rings is 1. The molecule has 2 aromatic carbocycles. The van der Waals surface area contributed by atoms with Crippen molar-refractivity contribution in [2.45, 2.75) is 18.8 Å². The average molecular weight is 643 g/mol. The van der Waals surface area contributed by atoms with Gasteiger partial charge in [-0.1, -0.05) is 12.1 Å². The summed E-state index contributed by atoms with van der Waals surface area (Å²) in [6, 6.07) is 7.04. The van der Waals surface area contributed by atoms with Crippen LogP contribution in [0, 0.1) is 11.6 Å². The van der Waals surface area contributed by atoms with Crippen molar-refractivity contribution in [3.63, 3.8) is 0 Å². The van der Waals surface area contributed by atoms with E-state index >= 15 is 4.39 Å². The molecule has 16 heteroatoms. The van der Waals surface area contributed by atoms with E-state index in [4.69, 9.17) is 14.9 Å². The minimum atomic E-state index is -4.57. The number of ether oxygens (including phenoxy) is 1. The van der Waals surface area contributed by atoms with Crippen LogP contribution in [0.4, 0.5) is 26.7 Å². The topological polar surface area (TPSA) is 140 Å². The number of halogens is 6. The molecule has 2 heterocycles. The van der Waals surface area contributed by atoms with Crippen LogP contribution in [0.25, 0.3) is 11.3 Å². The SMILES string of the molecule is Cn1nccc1CN(CC(Oc1ccc(F)c(C(N)=O)c1F)c1nc(-c2ccc(C(F)(F)F)cc2)c(Br)o1)C(=O)[O-]. The van der Waals surface area contributed by atoms with Gasteiger partial charge in [0.1, 0.15) is 23.2 Å². The molecule has 2 amide bonds. The number of rotatable bonds is 9. The first-order valence-electron chi connectivity index (χ1n) is 11.5. The molecule has 2 N–H and O–H groups in total. The molecule has 41 heavy (non-hydrogen) atoms. The second-order valence-electron chi connectivity index (χ2n) is 8.55. The number of carbonyl (C=O) groups is 2. The van der Waals surface area contributed by atoms with Gasteiger partial charge in [-0.25, -0.2) is 13.8 Å². The van der Waals surface area contributed by atoms with E-state index in [1.165, 1.54) is 16.9 Å². The number of hydrogen-bond donors (Lipinski definition) is 1. The van der Waals surface area contributed by atoms with Gasteiger partial charge in [-0.15, -0.1) is 0 Å². The number of aryl methyl sites for hydroxylation is 1. The lowest BCUT2D eigenvalue weighted by molar-refractivity contribution is -0.267. The number of benzene rings is 2. The maximum absolute atomic E-state index is 15.0. The van der Waals surface area contributed by atoms with Gasteiger partial charge in [-0.2, -0.15) is 18.3 Å². The van der Waals surface area contributed by atoms with E-state index in [1.54, 1.807) is 7.05 Å². The Labute approximate surface area is 236 Å². The Morgan fingerprint density at radius 3 is 2.41 bits per heavy atom. The Morgan fingerprint density at radius 1 is 1.17 bits per heavy atom. The molecular formula is C25H18BrF5N5O5-. The van der Waals surface area contributed by atoms with Crippen molar-refractivity contribution in [1.29, 1.82) is 0 Å². The summed E-state index contributed by atoms with van der Waals surface area (Å²) in [5.41, 5.74) is 3.73. The molecule has 0 aliphatic carbocycles. The number of carbonyl (C=O) groups excluding carboxylic acids is 2. The van der Waals surface area contributed by atoms with Gasteiger partial charge in [0, 0.05) is 18.8 Å². The van der Waals surface area contributed by atoms with E-state index in [9.17, 15) is 32.3 Å².